The number of nitrogens with one attached hydrogen (secondary N) is 3. The molecular formula is C12H7N7O8. The fraction of sp³-hybridized carbons (Fsp3) is 0. The first-order valence-corrected chi connectivity index (χ1v) is 6.89. The number of nitro benzene ring substituents is 2. The zero-order valence-electron chi connectivity index (χ0n) is 12.9. The molecule has 3 rings (SSSR count). The van der Waals surface area contributed by atoms with Crippen LogP contribution in [0.2, 0.25) is 0 Å². The molecule has 0 spiro atoms. The van der Waals surface area contributed by atoms with Crippen LogP contribution in [0.25, 0.3) is 11.0 Å². The SMILES string of the molecule is O=c1[nH]c2cc([N+](=O)[O-])c(N/N=C/c3ccc([N+](=O)[O-])o3)c([N+](=O)[O-])c2[nH]1. The van der Waals surface area contributed by atoms with E-state index in [4.69, 9.17) is 4.42 Å². The number of hydrogen-bond donors (Lipinski definition) is 3. The van der Waals surface area contributed by atoms with Gasteiger partial charge in [0.1, 0.15) is 10.4 Å². The second-order valence-electron chi connectivity index (χ2n) is 4.94. The molecule has 2 heterocycles. The Labute approximate surface area is 145 Å². The molecule has 3 N–H and O–H groups in total. The zero-order chi connectivity index (χ0) is 19.7. The maximum Gasteiger partial charge on any atom is 0.433 e. The van der Waals surface area contributed by atoms with Crippen molar-refractivity contribution in [2.45, 2.75) is 0 Å². The summed E-state index contributed by atoms with van der Waals surface area (Å²) in [5.41, 5.74) is -1.11. The minimum absolute atomic E-state index is 0.0735. The van der Waals surface area contributed by atoms with Crippen LogP contribution in [0, 0.1) is 30.3 Å². The predicted molar refractivity (Wildman–Crippen MR) is 88.8 cm³/mol. The summed E-state index contributed by atoms with van der Waals surface area (Å²) in [5.74, 6) is -0.629. The van der Waals surface area contributed by atoms with Gasteiger partial charge in [-0.15, -0.1) is 0 Å². The molecule has 0 aliphatic carbocycles. The van der Waals surface area contributed by atoms with Crippen molar-refractivity contribution in [1.29, 1.82) is 0 Å². The lowest BCUT2D eigenvalue weighted by atomic mass is 10.2. The van der Waals surface area contributed by atoms with Crippen LogP contribution in [0.5, 0.6) is 0 Å². The second kappa shape index (κ2) is 6.39. The van der Waals surface area contributed by atoms with E-state index in [2.05, 4.69) is 20.5 Å². The van der Waals surface area contributed by atoms with Crippen LogP contribution in [-0.4, -0.2) is 31.0 Å². The fourth-order valence-electron chi connectivity index (χ4n) is 2.25. The summed E-state index contributed by atoms with van der Waals surface area (Å²) in [5, 5.41) is 36.8. The fourth-order valence-corrected chi connectivity index (χ4v) is 2.25. The van der Waals surface area contributed by atoms with Crippen molar-refractivity contribution in [3.05, 3.63) is 64.8 Å². The van der Waals surface area contributed by atoms with Gasteiger partial charge >= 0.3 is 22.9 Å². The lowest BCUT2D eigenvalue weighted by Gasteiger charge is -2.04. The number of H-pyrrole nitrogens is 2. The first-order valence-electron chi connectivity index (χ1n) is 6.89. The summed E-state index contributed by atoms with van der Waals surface area (Å²) >= 11 is 0. The molecule has 0 amide bonds. The Morgan fingerprint density at radius 1 is 1.07 bits per heavy atom. The van der Waals surface area contributed by atoms with Crippen LogP contribution < -0.4 is 11.1 Å². The van der Waals surface area contributed by atoms with Crippen LogP contribution in [-0.2, 0) is 0 Å². The van der Waals surface area contributed by atoms with Crippen molar-refractivity contribution in [2.24, 2.45) is 5.10 Å². The van der Waals surface area contributed by atoms with Crippen molar-refractivity contribution in [1.82, 2.24) is 9.97 Å². The third-order valence-corrected chi connectivity index (χ3v) is 3.31. The van der Waals surface area contributed by atoms with Gasteiger partial charge in [0.05, 0.1) is 27.6 Å². The molecular weight excluding hydrogens is 370 g/mol. The van der Waals surface area contributed by atoms with E-state index in [1.807, 2.05) is 0 Å². The van der Waals surface area contributed by atoms with Crippen molar-refractivity contribution < 1.29 is 19.2 Å². The van der Waals surface area contributed by atoms with Gasteiger partial charge in [-0.1, -0.05) is 0 Å². The lowest BCUT2D eigenvalue weighted by Crippen LogP contribution is -2.03. The minimum Gasteiger partial charge on any atom is -0.400 e. The Morgan fingerprint density at radius 2 is 1.81 bits per heavy atom. The topological polar surface area (TPSA) is 216 Å². The number of anilines is 1. The van der Waals surface area contributed by atoms with E-state index in [1.54, 1.807) is 0 Å². The number of nitrogens with zero attached hydrogens (tertiary/aromatic N) is 4. The number of benzene rings is 1. The Hall–Kier alpha value is -4.56. The Morgan fingerprint density at radius 3 is 2.41 bits per heavy atom. The number of furan rings is 1. The standard InChI is InChI=1S/C12H7N7O8/c20-12-14-6-3-7(17(21)22)10(11(19(25)26)9(6)15-12)16-13-4-5-1-2-8(27-5)18(23)24/h1-4,16H,(H2,14,15,20)/b13-4+. The Kier molecular flexibility index (Phi) is 4.09. The van der Waals surface area contributed by atoms with E-state index in [0.29, 0.717) is 0 Å². The molecule has 0 bridgehead atoms. The maximum atomic E-state index is 11.4. The van der Waals surface area contributed by atoms with Crippen LogP contribution in [0.3, 0.4) is 0 Å². The molecule has 138 valence electrons. The minimum atomic E-state index is -0.922. The first kappa shape index (κ1) is 17.3. The number of imidazole rings is 1. The Balaban J connectivity index is 2.06. The largest absolute Gasteiger partial charge is 0.433 e. The molecule has 1 aromatic carbocycles. The first-order chi connectivity index (χ1) is 12.8. The van der Waals surface area contributed by atoms with Crippen LogP contribution in [0.1, 0.15) is 5.76 Å². The number of hydrogen-bond acceptors (Lipinski definition) is 10. The number of rotatable bonds is 6. The molecule has 0 saturated heterocycles. The number of aromatic amines is 2. The van der Waals surface area contributed by atoms with E-state index in [9.17, 15) is 35.1 Å². The molecule has 0 saturated carbocycles. The summed E-state index contributed by atoms with van der Waals surface area (Å²) in [6, 6.07) is 3.19. The molecule has 0 unspecified atom stereocenters. The lowest BCUT2D eigenvalue weighted by molar-refractivity contribution is -0.402. The highest BCUT2D eigenvalue weighted by molar-refractivity contribution is 5.96. The Bertz CT molecular complexity index is 1170. The highest BCUT2D eigenvalue weighted by Gasteiger charge is 2.30. The van der Waals surface area contributed by atoms with Gasteiger partial charge in [0.25, 0.3) is 0 Å². The van der Waals surface area contributed by atoms with Gasteiger partial charge < -0.3 is 9.40 Å². The molecule has 0 radical (unpaired) electrons. The number of fused-ring (bicyclic) bond motifs is 1. The highest BCUT2D eigenvalue weighted by Crippen LogP contribution is 2.39. The molecule has 15 heteroatoms. The number of aromatic nitrogens is 2. The van der Waals surface area contributed by atoms with Crippen LogP contribution in [0.4, 0.5) is 22.9 Å². The monoisotopic (exact) mass is 377 g/mol. The molecule has 15 nitrogen and oxygen atoms in total. The smallest absolute Gasteiger partial charge is 0.400 e. The van der Waals surface area contributed by atoms with Crippen molar-refractivity contribution in [3.8, 4) is 0 Å². The molecule has 0 aliphatic heterocycles. The average Bonchev–Trinajstić information content (AvgIpc) is 3.19. The third kappa shape index (κ3) is 3.18. The van der Waals surface area contributed by atoms with Crippen molar-refractivity contribution >= 4 is 40.2 Å². The van der Waals surface area contributed by atoms with Crippen LogP contribution >= 0.6 is 0 Å². The van der Waals surface area contributed by atoms with E-state index in [1.165, 1.54) is 6.07 Å². The van der Waals surface area contributed by atoms with Gasteiger partial charge in [-0.3, -0.25) is 40.8 Å². The van der Waals surface area contributed by atoms with E-state index < -0.39 is 43.4 Å². The molecule has 3 aromatic rings. The number of hydrazone groups is 1. The van der Waals surface area contributed by atoms with Gasteiger partial charge in [-0.2, -0.15) is 5.10 Å². The summed E-state index contributed by atoms with van der Waals surface area (Å²) in [6.45, 7) is 0. The normalized spacial score (nSPS) is 11.1. The summed E-state index contributed by atoms with van der Waals surface area (Å²) in [6.07, 6.45) is 0.935. The molecule has 0 atom stereocenters. The summed E-state index contributed by atoms with van der Waals surface area (Å²) < 4.78 is 4.80. The second-order valence-corrected chi connectivity index (χ2v) is 4.94. The maximum absolute atomic E-state index is 11.4. The van der Waals surface area contributed by atoms with E-state index in [-0.39, 0.29) is 16.8 Å². The van der Waals surface area contributed by atoms with Crippen LogP contribution in [0.15, 0.2) is 32.5 Å². The average molecular weight is 377 g/mol. The molecule has 0 aliphatic rings. The zero-order valence-corrected chi connectivity index (χ0v) is 12.9. The summed E-state index contributed by atoms with van der Waals surface area (Å²) in [7, 11) is 0. The van der Waals surface area contributed by atoms with Gasteiger partial charge in [0.2, 0.25) is 5.69 Å². The van der Waals surface area contributed by atoms with Crippen molar-refractivity contribution in [3.63, 3.8) is 0 Å². The van der Waals surface area contributed by atoms with E-state index >= 15 is 0 Å². The predicted octanol–water partition coefficient (Wildman–Crippen LogP) is 1.62. The quantitative estimate of drug-likeness (QED) is 0.322. The number of nitro groups is 3. The molecule has 0 fully saturated rings. The van der Waals surface area contributed by atoms with Gasteiger partial charge in [-0.25, -0.2) is 4.79 Å². The molecule has 27 heavy (non-hydrogen) atoms. The van der Waals surface area contributed by atoms with Crippen molar-refractivity contribution in [2.75, 3.05) is 5.43 Å². The summed E-state index contributed by atoms with van der Waals surface area (Å²) in [4.78, 5) is 46.4. The van der Waals surface area contributed by atoms with Gasteiger partial charge in [0, 0.05) is 6.07 Å². The van der Waals surface area contributed by atoms with Gasteiger partial charge in [-0.05, 0) is 6.07 Å². The third-order valence-electron chi connectivity index (χ3n) is 3.31. The van der Waals surface area contributed by atoms with E-state index in [0.717, 1.165) is 18.3 Å². The van der Waals surface area contributed by atoms with Gasteiger partial charge in [0.15, 0.2) is 5.76 Å². The highest BCUT2D eigenvalue weighted by atomic mass is 16.7. The molecule has 2 aromatic heterocycles.